The largest absolute Gasteiger partial charge is 0.493 e. The number of benzene rings is 1. The molecule has 0 aliphatic heterocycles. The topological polar surface area (TPSA) is 78.3 Å². The number of aldehydes is 1. The van der Waals surface area contributed by atoms with Crippen LogP contribution < -0.4 is 5.32 Å². The molecular weight excluding hydrogens is 344 g/mol. The number of carbonyl (C=O) groups excluding carboxylic acids is 1. The summed E-state index contributed by atoms with van der Waals surface area (Å²) in [6.45, 7) is 6.53. The van der Waals surface area contributed by atoms with Gasteiger partial charge in [0.1, 0.15) is 18.9 Å². The second kappa shape index (κ2) is 9.96. The average Bonchev–Trinajstić information content (AvgIpc) is 3.23. The average molecular weight is 368 g/mol. The molecule has 0 fully saturated rings. The first-order valence-electron chi connectivity index (χ1n) is 8.49. The van der Waals surface area contributed by atoms with Gasteiger partial charge in [-0.1, -0.05) is 13.5 Å². The molecule has 142 valence electrons. The summed E-state index contributed by atoms with van der Waals surface area (Å²) in [5.41, 5.74) is 2.87. The van der Waals surface area contributed by atoms with Gasteiger partial charge in [0.15, 0.2) is 11.5 Å². The number of nitrogens with one attached hydrogen (secondary N) is 1. The number of aromatic nitrogens is 3. The lowest BCUT2D eigenvalue weighted by molar-refractivity contribution is 0.112. The van der Waals surface area contributed by atoms with E-state index in [1.807, 2.05) is 25.1 Å². The molecule has 0 radical (unpaired) electrons. The highest BCUT2D eigenvalue weighted by Crippen LogP contribution is 2.21. The van der Waals surface area contributed by atoms with Gasteiger partial charge in [-0.25, -0.2) is 9.67 Å². The zero-order valence-electron chi connectivity index (χ0n) is 15.8. The summed E-state index contributed by atoms with van der Waals surface area (Å²) in [6.07, 6.45) is 8.43. The van der Waals surface area contributed by atoms with Gasteiger partial charge in [-0.3, -0.25) is 4.79 Å². The summed E-state index contributed by atoms with van der Waals surface area (Å²) in [5.74, 6) is 1.26. The fraction of sp³-hybridized carbons (Fsp3) is 0.250. The van der Waals surface area contributed by atoms with Crippen LogP contribution in [0, 0.1) is 0 Å². The lowest BCUT2D eigenvalue weighted by atomic mass is 10.1. The highest BCUT2D eigenvalue weighted by molar-refractivity contribution is 5.79. The molecular formula is C20H24N4O3. The highest BCUT2D eigenvalue weighted by Gasteiger charge is 2.09. The van der Waals surface area contributed by atoms with E-state index in [0.717, 1.165) is 29.7 Å². The maximum Gasteiger partial charge on any atom is 0.160 e. The quantitative estimate of drug-likeness (QED) is 0.393. The van der Waals surface area contributed by atoms with E-state index >= 15 is 0 Å². The molecule has 0 aliphatic rings. The van der Waals surface area contributed by atoms with Gasteiger partial charge in [-0.15, -0.1) is 0 Å². The third kappa shape index (κ3) is 5.31. The SMILES string of the molecule is C=C(/C=C(OC)\C(=C/CC)OC)CNc1cc(C=O)ccc1-n1cncn1. The fourth-order valence-corrected chi connectivity index (χ4v) is 2.45. The first kappa shape index (κ1) is 20.0. The van der Waals surface area contributed by atoms with Crippen molar-refractivity contribution in [2.75, 3.05) is 26.1 Å². The Bertz CT molecular complexity index is 839. The van der Waals surface area contributed by atoms with Crippen LogP contribution >= 0.6 is 0 Å². The van der Waals surface area contributed by atoms with E-state index in [1.165, 1.54) is 6.33 Å². The van der Waals surface area contributed by atoms with Gasteiger partial charge in [-0.2, -0.15) is 5.10 Å². The minimum Gasteiger partial charge on any atom is -0.493 e. The van der Waals surface area contributed by atoms with Crippen LogP contribution in [0.15, 0.2) is 66.7 Å². The Kier molecular flexibility index (Phi) is 7.37. The van der Waals surface area contributed by atoms with Crippen LogP contribution in [0.25, 0.3) is 5.69 Å². The molecule has 0 saturated heterocycles. The number of methoxy groups -OCH3 is 2. The lowest BCUT2D eigenvalue weighted by Gasteiger charge is -2.14. The summed E-state index contributed by atoms with van der Waals surface area (Å²) in [6, 6.07) is 5.30. The number of ether oxygens (including phenoxy) is 2. The maximum absolute atomic E-state index is 11.1. The molecule has 0 amide bonds. The van der Waals surface area contributed by atoms with Crippen molar-refractivity contribution in [1.29, 1.82) is 0 Å². The van der Waals surface area contributed by atoms with Crippen LogP contribution in [0.4, 0.5) is 5.69 Å². The molecule has 0 saturated carbocycles. The second-order valence-corrected chi connectivity index (χ2v) is 5.64. The van der Waals surface area contributed by atoms with Crippen LogP contribution in [-0.2, 0) is 9.47 Å². The zero-order valence-corrected chi connectivity index (χ0v) is 15.8. The van der Waals surface area contributed by atoms with Gasteiger partial charge in [0.05, 0.1) is 25.6 Å². The van der Waals surface area contributed by atoms with Gasteiger partial charge in [-0.05, 0) is 42.3 Å². The predicted octanol–water partition coefficient (Wildman–Crippen LogP) is 3.52. The molecule has 27 heavy (non-hydrogen) atoms. The molecule has 2 aromatic rings. The van der Waals surface area contributed by atoms with Crippen LogP contribution in [0.5, 0.6) is 0 Å². The molecule has 1 N–H and O–H groups in total. The van der Waals surface area contributed by atoms with Crippen molar-refractivity contribution in [3.63, 3.8) is 0 Å². The molecule has 1 aromatic carbocycles. The Labute approximate surface area is 159 Å². The third-order valence-corrected chi connectivity index (χ3v) is 3.74. The van der Waals surface area contributed by atoms with Crippen LogP contribution in [0.3, 0.4) is 0 Å². The van der Waals surface area contributed by atoms with Crippen molar-refractivity contribution in [1.82, 2.24) is 14.8 Å². The van der Waals surface area contributed by atoms with E-state index in [0.29, 0.717) is 23.6 Å². The van der Waals surface area contributed by atoms with E-state index in [9.17, 15) is 4.79 Å². The van der Waals surface area contributed by atoms with Crippen molar-refractivity contribution >= 4 is 12.0 Å². The van der Waals surface area contributed by atoms with Crippen molar-refractivity contribution in [2.45, 2.75) is 13.3 Å². The molecule has 2 rings (SSSR count). The summed E-state index contributed by atoms with van der Waals surface area (Å²) in [7, 11) is 3.19. The number of allylic oxidation sites excluding steroid dienone is 1. The lowest BCUT2D eigenvalue weighted by Crippen LogP contribution is -2.08. The summed E-state index contributed by atoms with van der Waals surface area (Å²) in [4.78, 5) is 15.1. The standard InChI is InChI=1S/C20H24N4O3/c1-5-6-19(26-3)20(27-4)9-15(2)11-22-17-10-16(12-25)7-8-18(17)24-14-21-13-23-24/h6-10,12-14,22H,2,5,11H2,1,3-4H3/b19-6+,20-9+. The summed E-state index contributed by atoms with van der Waals surface area (Å²) < 4.78 is 12.4. The number of rotatable bonds is 10. The Hall–Kier alpha value is -3.35. The minimum absolute atomic E-state index is 0.444. The van der Waals surface area contributed by atoms with Gasteiger partial charge >= 0.3 is 0 Å². The number of anilines is 1. The first-order chi connectivity index (χ1) is 13.1. The molecule has 0 aliphatic carbocycles. The van der Waals surface area contributed by atoms with Crippen molar-refractivity contribution in [2.24, 2.45) is 0 Å². The smallest absolute Gasteiger partial charge is 0.160 e. The minimum atomic E-state index is 0.444. The van der Waals surface area contributed by atoms with Crippen LogP contribution in [0.1, 0.15) is 23.7 Å². The molecule has 1 aromatic heterocycles. The monoisotopic (exact) mass is 368 g/mol. The highest BCUT2D eigenvalue weighted by atomic mass is 16.5. The second-order valence-electron chi connectivity index (χ2n) is 5.64. The van der Waals surface area contributed by atoms with E-state index in [4.69, 9.17) is 9.47 Å². The Morgan fingerprint density at radius 1 is 1.30 bits per heavy atom. The van der Waals surface area contributed by atoms with E-state index < -0.39 is 0 Å². The molecule has 7 heteroatoms. The van der Waals surface area contributed by atoms with E-state index in [2.05, 4.69) is 22.0 Å². The van der Waals surface area contributed by atoms with Gasteiger partial charge in [0, 0.05) is 12.1 Å². The molecule has 0 atom stereocenters. The number of carbonyl (C=O) groups is 1. The molecule has 0 bridgehead atoms. The van der Waals surface area contributed by atoms with Crippen LogP contribution in [-0.4, -0.2) is 41.8 Å². The first-order valence-corrected chi connectivity index (χ1v) is 8.49. The summed E-state index contributed by atoms with van der Waals surface area (Å²) in [5, 5.41) is 7.43. The number of hydrogen-bond acceptors (Lipinski definition) is 6. The van der Waals surface area contributed by atoms with Crippen molar-refractivity contribution < 1.29 is 14.3 Å². The normalized spacial score (nSPS) is 11.8. The Balaban J connectivity index is 2.20. The molecule has 0 unspecified atom stereocenters. The van der Waals surface area contributed by atoms with Gasteiger partial charge in [0.2, 0.25) is 0 Å². The number of nitrogens with zero attached hydrogens (tertiary/aromatic N) is 3. The molecule has 0 spiro atoms. The maximum atomic E-state index is 11.1. The van der Waals surface area contributed by atoms with E-state index in [1.54, 1.807) is 37.4 Å². The summed E-state index contributed by atoms with van der Waals surface area (Å²) >= 11 is 0. The number of hydrogen-bond donors (Lipinski definition) is 1. The van der Waals surface area contributed by atoms with Crippen LogP contribution in [0.2, 0.25) is 0 Å². The van der Waals surface area contributed by atoms with Gasteiger partial charge < -0.3 is 14.8 Å². The zero-order chi connectivity index (χ0) is 19.6. The fourth-order valence-electron chi connectivity index (χ4n) is 2.45. The molecule has 1 heterocycles. The molecule has 7 nitrogen and oxygen atoms in total. The van der Waals surface area contributed by atoms with E-state index in [-0.39, 0.29) is 0 Å². The third-order valence-electron chi connectivity index (χ3n) is 3.74. The predicted molar refractivity (Wildman–Crippen MR) is 105 cm³/mol. The van der Waals surface area contributed by atoms with Crippen molar-refractivity contribution in [3.05, 3.63) is 72.2 Å². The van der Waals surface area contributed by atoms with Gasteiger partial charge in [0.25, 0.3) is 0 Å². The Morgan fingerprint density at radius 3 is 2.67 bits per heavy atom. The Morgan fingerprint density at radius 2 is 2.07 bits per heavy atom. The van der Waals surface area contributed by atoms with Crippen molar-refractivity contribution in [3.8, 4) is 5.69 Å².